The topological polar surface area (TPSA) is 24.5 Å². The van der Waals surface area contributed by atoms with Crippen LogP contribution in [0.5, 0.6) is 0 Å². The molecule has 0 amide bonds. The molecule has 0 spiro atoms. The molecule has 2 saturated carbocycles. The Morgan fingerprint density at radius 2 is 2.00 bits per heavy atom. The van der Waals surface area contributed by atoms with Crippen molar-refractivity contribution in [2.45, 2.75) is 76.5 Å². The van der Waals surface area contributed by atoms with Crippen LogP contribution in [0.25, 0.3) is 0 Å². The van der Waals surface area contributed by atoms with Crippen LogP contribution in [0.1, 0.15) is 58.3 Å². The zero-order chi connectivity index (χ0) is 13.8. The second kappa shape index (κ2) is 7.24. The van der Waals surface area contributed by atoms with Crippen molar-refractivity contribution in [3.8, 4) is 0 Å². The van der Waals surface area contributed by atoms with Gasteiger partial charge in [-0.15, -0.1) is 0 Å². The SMILES string of the molecule is CC1CCCC(NCCN2CCOC3CCCCC32)C1. The number of fused-ring (bicyclic) bond motifs is 1. The second-order valence-electron chi connectivity index (χ2n) is 7.22. The quantitative estimate of drug-likeness (QED) is 0.857. The molecule has 1 aliphatic heterocycles. The average Bonchev–Trinajstić information content (AvgIpc) is 2.48. The molecular weight excluding hydrogens is 248 g/mol. The number of nitrogens with zero attached hydrogens (tertiary/aromatic N) is 1. The maximum atomic E-state index is 5.96. The first-order chi connectivity index (χ1) is 9.83. The molecule has 0 bridgehead atoms. The fourth-order valence-electron chi connectivity index (χ4n) is 4.49. The smallest absolute Gasteiger partial charge is 0.0730 e. The molecule has 3 nitrogen and oxygen atoms in total. The third-order valence-corrected chi connectivity index (χ3v) is 5.62. The lowest BCUT2D eigenvalue weighted by molar-refractivity contribution is -0.0875. The second-order valence-corrected chi connectivity index (χ2v) is 7.22. The van der Waals surface area contributed by atoms with Crippen molar-refractivity contribution in [2.24, 2.45) is 5.92 Å². The number of hydrogen-bond acceptors (Lipinski definition) is 3. The molecule has 3 fully saturated rings. The summed E-state index contributed by atoms with van der Waals surface area (Å²) in [6, 6.07) is 1.49. The van der Waals surface area contributed by atoms with Crippen molar-refractivity contribution in [1.29, 1.82) is 0 Å². The van der Waals surface area contributed by atoms with E-state index in [9.17, 15) is 0 Å². The lowest BCUT2D eigenvalue weighted by atomic mass is 9.87. The Hall–Kier alpha value is -0.120. The lowest BCUT2D eigenvalue weighted by Gasteiger charge is -2.44. The Morgan fingerprint density at radius 1 is 1.10 bits per heavy atom. The summed E-state index contributed by atoms with van der Waals surface area (Å²) < 4.78 is 5.96. The van der Waals surface area contributed by atoms with Gasteiger partial charge in [-0.05, 0) is 31.6 Å². The predicted octanol–water partition coefficient (Wildman–Crippen LogP) is 2.80. The van der Waals surface area contributed by atoms with Crippen LogP contribution in [0.15, 0.2) is 0 Å². The summed E-state index contributed by atoms with van der Waals surface area (Å²) in [7, 11) is 0. The normalized spacial score (nSPS) is 39.5. The molecular formula is C17H32N2O. The third kappa shape index (κ3) is 3.75. The van der Waals surface area contributed by atoms with Crippen LogP contribution >= 0.6 is 0 Å². The fraction of sp³-hybridized carbons (Fsp3) is 1.00. The van der Waals surface area contributed by atoms with Gasteiger partial charge in [-0.25, -0.2) is 0 Å². The van der Waals surface area contributed by atoms with Gasteiger partial charge < -0.3 is 10.1 Å². The lowest BCUT2D eigenvalue weighted by Crippen LogP contribution is -2.54. The van der Waals surface area contributed by atoms with Gasteiger partial charge in [0, 0.05) is 31.7 Å². The van der Waals surface area contributed by atoms with Gasteiger partial charge in [0.25, 0.3) is 0 Å². The predicted molar refractivity (Wildman–Crippen MR) is 83.0 cm³/mol. The minimum atomic E-state index is 0.534. The highest BCUT2D eigenvalue weighted by Crippen LogP contribution is 2.28. The molecule has 1 saturated heterocycles. The fourth-order valence-corrected chi connectivity index (χ4v) is 4.49. The number of nitrogens with one attached hydrogen (secondary N) is 1. The van der Waals surface area contributed by atoms with Crippen LogP contribution in [0, 0.1) is 5.92 Å². The standard InChI is InChI=1S/C17H32N2O/c1-14-5-4-6-15(13-14)18-9-10-19-11-12-20-17-8-3-2-7-16(17)19/h14-18H,2-13H2,1H3. The monoisotopic (exact) mass is 280 g/mol. The van der Waals surface area contributed by atoms with Crippen molar-refractivity contribution < 1.29 is 4.74 Å². The molecule has 4 unspecified atom stereocenters. The largest absolute Gasteiger partial charge is 0.375 e. The summed E-state index contributed by atoms with van der Waals surface area (Å²) in [4.78, 5) is 2.70. The summed E-state index contributed by atoms with van der Waals surface area (Å²) in [5.41, 5.74) is 0. The molecule has 1 heterocycles. The van der Waals surface area contributed by atoms with Gasteiger partial charge in [-0.1, -0.05) is 32.6 Å². The van der Waals surface area contributed by atoms with E-state index in [-0.39, 0.29) is 0 Å². The number of morpholine rings is 1. The average molecular weight is 280 g/mol. The van der Waals surface area contributed by atoms with E-state index < -0.39 is 0 Å². The van der Waals surface area contributed by atoms with E-state index >= 15 is 0 Å². The minimum Gasteiger partial charge on any atom is -0.375 e. The highest BCUT2D eigenvalue weighted by atomic mass is 16.5. The van der Waals surface area contributed by atoms with E-state index in [4.69, 9.17) is 4.74 Å². The molecule has 0 radical (unpaired) electrons. The molecule has 0 aromatic rings. The van der Waals surface area contributed by atoms with Gasteiger partial charge in [-0.3, -0.25) is 4.90 Å². The molecule has 116 valence electrons. The minimum absolute atomic E-state index is 0.534. The number of hydrogen-bond donors (Lipinski definition) is 1. The van der Waals surface area contributed by atoms with Crippen molar-refractivity contribution in [3.63, 3.8) is 0 Å². The Balaban J connectivity index is 1.41. The molecule has 0 aromatic carbocycles. The highest BCUT2D eigenvalue weighted by molar-refractivity contribution is 4.87. The first-order valence-corrected chi connectivity index (χ1v) is 8.92. The van der Waals surface area contributed by atoms with Gasteiger partial charge in [0.05, 0.1) is 12.7 Å². The zero-order valence-corrected chi connectivity index (χ0v) is 13.2. The first kappa shape index (κ1) is 14.8. The van der Waals surface area contributed by atoms with Crippen molar-refractivity contribution in [2.75, 3.05) is 26.2 Å². The molecule has 0 aromatic heterocycles. The highest BCUT2D eigenvalue weighted by Gasteiger charge is 2.33. The van der Waals surface area contributed by atoms with Crippen molar-refractivity contribution >= 4 is 0 Å². The van der Waals surface area contributed by atoms with Gasteiger partial charge in [0.1, 0.15) is 0 Å². The van der Waals surface area contributed by atoms with Gasteiger partial charge in [-0.2, -0.15) is 0 Å². The van der Waals surface area contributed by atoms with Crippen LogP contribution in [0.3, 0.4) is 0 Å². The summed E-state index contributed by atoms with van der Waals surface area (Å²) >= 11 is 0. The van der Waals surface area contributed by atoms with E-state index in [0.29, 0.717) is 12.1 Å². The Kier molecular flexibility index (Phi) is 5.36. The van der Waals surface area contributed by atoms with Gasteiger partial charge in [0.2, 0.25) is 0 Å². The van der Waals surface area contributed by atoms with Crippen molar-refractivity contribution in [1.82, 2.24) is 10.2 Å². The summed E-state index contributed by atoms with van der Waals surface area (Å²) in [6.45, 7) is 6.88. The maximum Gasteiger partial charge on any atom is 0.0730 e. The third-order valence-electron chi connectivity index (χ3n) is 5.62. The van der Waals surface area contributed by atoms with Crippen LogP contribution < -0.4 is 5.32 Å². The summed E-state index contributed by atoms with van der Waals surface area (Å²) in [6.07, 6.45) is 11.6. The Bertz CT molecular complexity index is 295. The zero-order valence-electron chi connectivity index (χ0n) is 13.2. The van der Waals surface area contributed by atoms with E-state index in [1.807, 2.05) is 0 Å². The van der Waals surface area contributed by atoms with Crippen LogP contribution in [-0.2, 0) is 4.74 Å². The number of rotatable bonds is 4. The summed E-state index contributed by atoms with van der Waals surface area (Å²) in [5, 5.41) is 3.81. The van der Waals surface area contributed by atoms with Gasteiger partial charge >= 0.3 is 0 Å². The van der Waals surface area contributed by atoms with Crippen LogP contribution in [-0.4, -0.2) is 49.3 Å². The van der Waals surface area contributed by atoms with Crippen molar-refractivity contribution in [3.05, 3.63) is 0 Å². The molecule has 3 heteroatoms. The summed E-state index contributed by atoms with van der Waals surface area (Å²) in [5.74, 6) is 0.923. The van der Waals surface area contributed by atoms with E-state index in [1.54, 1.807) is 0 Å². The Labute approximate surface area is 124 Å². The molecule has 1 N–H and O–H groups in total. The van der Waals surface area contributed by atoms with E-state index in [0.717, 1.165) is 25.1 Å². The molecule has 20 heavy (non-hydrogen) atoms. The molecule has 3 aliphatic rings. The van der Waals surface area contributed by atoms with E-state index in [2.05, 4.69) is 17.1 Å². The maximum absolute atomic E-state index is 5.96. The first-order valence-electron chi connectivity index (χ1n) is 8.92. The molecule has 2 aliphatic carbocycles. The van der Waals surface area contributed by atoms with Crippen LogP contribution in [0.2, 0.25) is 0 Å². The Morgan fingerprint density at radius 3 is 2.90 bits per heavy atom. The molecule has 3 rings (SSSR count). The molecule has 4 atom stereocenters. The van der Waals surface area contributed by atoms with E-state index in [1.165, 1.54) is 64.5 Å². The number of ether oxygens (including phenoxy) is 1. The van der Waals surface area contributed by atoms with Crippen LogP contribution in [0.4, 0.5) is 0 Å². The van der Waals surface area contributed by atoms with Gasteiger partial charge in [0.15, 0.2) is 0 Å².